The van der Waals surface area contributed by atoms with Crippen LogP contribution in [-0.4, -0.2) is 10.2 Å². The molecule has 1 fully saturated rings. The first kappa shape index (κ1) is 20.3. The number of benzene rings is 3. The predicted molar refractivity (Wildman–Crippen MR) is 124 cm³/mol. The van der Waals surface area contributed by atoms with Crippen molar-refractivity contribution in [3.8, 4) is 5.75 Å². The Morgan fingerprint density at radius 2 is 1.67 bits per heavy atom. The highest BCUT2D eigenvalue weighted by molar-refractivity contribution is 8.27. The Morgan fingerprint density at radius 3 is 2.33 bits per heavy atom. The number of thiocarbonyl (C=S) groups is 1. The van der Waals surface area contributed by atoms with Crippen LogP contribution in [0, 0.1) is 5.82 Å². The molecule has 1 atom stereocenters. The predicted octanol–water partition coefficient (Wildman–Crippen LogP) is 6.37. The number of ether oxygens (including phenoxy) is 1. The second-order valence-electron chi connectivity index (χ2n) is 6.73. The van der Waals surface area contributed by atoms with Gasteiger partial charge in [0.15, 0.2) is 4.32 Å². The molecular weight excluding hydrogens is 417 g/mol. The summed E-state index contributed by atoms with van der Waals surface area (Å²) in [4.78, 5) is 14.8. The zero-order chi connectivity index (χ0) is 21.1. The number of anilines is 1. The van der Waals surface area contributed by atoms with Crippen molar-refractivity contribution >= 4 is 46.0 Å². The molecule has 0 spiro atoms. The Kier molecular flexibility index (Phi) is 5.97. The normalized spacial score (nSPS) is 16.2. The maximum absolute atomic E-state index is 13.2. The summed E-state index contributed by atoms with van der Waals surface area (Å²) in [5, 5.41) is 0. The van der Waals surface area contributed by atoms with Crippen LogP contribution in [-0.2, 0) is 4.79 Å². The summed E-state index contributed by atoms with van der Waals surface area (Å²) in [6, 6.07) is 23.3. The van der Waals surface area contributed by atoms with Gasteiger partial charge < -0.3 is 4.74 Å². The van der Waals surface area contributed by atoms with Crippen molar-refractivity contribution in [1.82, 2.24) is 0 Å². The minimum Gasteiger partial charge on any atom is -0.486 e. The van der Waals surface area contributed by atoms with E-state index in [9.17, 15) is 9.18 Å². The Hall–Kier alpha value is -2.96. The fourth-order valence-corrected chi connectivity index (χ4v) is 4.37. The lowest BCUT2D eigenvalue weighted by Crippen LogP contribution is -2.27. The van der Waals surface area contributed by atoms with E-state index in [1.807, 2.05) is 61.5 Å². The second-order valence-corrected chi connectivity index (χ2v) is 8.41. The van der Waals surface area contributed by atoms with E-state index in [1.54, 1.807) is 18.2 Å². The van der Waals surface area contributed by atoms with Crippen LogP contribution < -0.4 is 9.64 Å². The van der Waals surface area contributed by atoms with E-state index < -0.39 is 0 Å². The van der Waals surface area contributed by atoms with E-state index in [0.717, 1.165) is 16.9 Å². The van der Waals surface area contributed by atoms with Crippen LogP contribution in [0.5, 0.6) is 5.75 Å². The summed E-state index contributed by atoms with van der Waals surface area (Å²) in [6.45, 7) is 2.00. The standard InChI is InChI=1S/C24H18FNO2S2/c1-16(18-5-3-2-4-6-18)28-21-13-7-17(8-14-21)15-22-23(27)26(24(29)30-22)20-11-9-19(25)10-12-20/h2-16H,1H3/b22-15-. The van der Waals surface area contributed by atoms with Crippen molar-refractivity contribution in [2.45, 2.75) is 13.0 Å². The lowest BCUT2D eigenvalue weighted by molar-refractivity contribution is -0.113. The largest absolute Gasteiger partial charge is 0.486 e. The van der Waals surface area contributed by atoms with Gasteiger partial charge in [-0.1, -0.05) is 66.4 Å². The van der Waals surface area contributed by atoms with E-state index in [-0.39, 0.29) is 17.8 Å². The van der Waals surface area contributed by atoms with Crippen LogP contribution in [0.1, 0.15) is 24.2 Å². The first-order valence-corrected chi connectivity index (χ1v) is 10.6. The first-order valence-electron chi connectivity index (χ1n) is 9.36. The number of amides is 1. The molecule has 3 aromatic carbocycles. The number of carbonyl (C=O) groups excluding carboxylic acids is 1. The molecule has 0 saturated carbocycles. The molecular formula is C24H18FNO2S2. The van der Waals surface area contributed by atoms with Crippen LogP contribution in [0.3, 0.4) is 0 Å². The molecule has 3 aromatic rings. The number of thioether (sulfide) groups is 1. The molecule has 0 aromatic heterocycles. The van der Waals surface area contributed by atoms with Crippen molar-refractivity contribution in [1.29, 1.82) is 0 Å². The molecule has 150 valence electrons. The third-order valence-corrected chi connectivity index (χ3v) is 5.94. The monoisotopic (exact) mass is 435 g/mol. The maximum atomic E-state index is 13.2. The van der Waals surface area contributed by atoms with Crippen molar-refractivity contribution in [3.63, 3.8) is 0 Å². The van der Waals surface area contributed by atoms with E-state index in [1.165, 1.54) is 28.8 Å². The molecule has 1 aliphatic rings. The number of hydrogen-bond acceptors (Lipinski definition) is 4. The van der Waals surface area contributed by atoms with Crippen LogP contribution in [0.25, 0.3) is 6.08 Å². The molecule has 1 unspecified atom stereocenters. The van der Waals surface area contributed by atoms with Gasteiger partial charge in [0.1, 0.15) is 17.7 Å². The fourth-order valence-electron chi connectivity index (χ4n) is 3.07. The molecule has 1 amide bonds. The average Bonchev–Trinajstić information content (AvgIpc) is 3.04. The Morgan fingerprint density at radius 1 is 1.00 bits per heavy atom. The van der Waals surface area contributed by atoms with Gasteiger partial charge >= 0.3 is 0 Å². The van der Waals surface area contributed by atoms with Gasteiger partial charge in [-0.05, 0) is 60.5 Å². The molecule has 0 bridgehead atoms. The van der Waals surface area contributed by atoms with Crippen LogP contribution in [0.15, 0.2) is 83.8 Å². The molecule has 1 saturated heterocycles. The smallest absolute Gasteiger partial charge is 0.270 e. The van der Waals surface area contributed by atoms with Crippen molar-refractivity contribution in [2.24, 2.45) is 0 Å². The molecule has 0 aliphatic carbocycles. The average molecular weight is 436 g/mol. The topological polar surface area (TPSA) is 29.5 Å². The minimum absolute atomic E-state index is 0.0657. The highest BCUT2D eigenvalue weighted by Crippen LogP contribution is 2.36. The third kappa shape index (κ3) is 4.45. The van der Waals surface area contributed by atoms with Crippen molar-refractivity contribution < 1.29 is 13.9 Å². The minimum atomic E-state index is -0.358. The first-order chi connectivity index (χ1) is 14.5. The quantitative estimate of drug-likeness (QED) is 0.344. The van der Waals surface area contributed by atoms with Gasteiger partial charge in [-0.15, -0.1) is 0 Å². The second kappa shape index (κ2) is 8.81. The molecule has 6 heteroatoms. The van der Waals surface area contributed by atoms with Crippen molar-refractivity contribution in [3.05, 3.63) is 101 Å². The van der Waals surface area contributed by atoms with E-state index >= 15 is 0 Å². The van der Waals surface area contributed by atoms with Gasteiger partial charge in [-0.25, -0.2) is 4.39 Å². The Labute approximate surface area is 184 Å². The molecule has 30 heavy (non-hydrogen) atoms. The third-order valence-electron chi connectivity index (χ3n) is 4.64. The van der Waals surface area contributed by atoms with Gasteiger partial charge in [0, 0.05) is 0 Å². The molecule has 3 nitrogen and oxygen atoms in total. The van der Waals surface area contributed by atoms with Crippen molar-refractivity contribution in [2.75, 3.05) is 4.90 Å². The molecule has 4 rings (SSSR count). The molecule has 1 aliphatic heterocycles. The maximum Gasteiger partial charge on any atom is 0.270 e. The molecule has 0 N–H and O–H groups in total. The Bertz CT molecular complexity index is 1100. The summed E-state index contributed by atoms with van der Waals surface area (Å²) in [6.07, 6.45) is 1.73. The zero-order valence-corrected chi connectivity index (χ0v) is 17.8. The lowest BCUT2D eigenvalue weighted by Gasteiger charge is -2.15. The van der Waals surface area contributed by atoms with E-state index in [2.05, 4.69) is 0 Å². The summed E-state index contributed by atoms with van der Waals surface area (Å²) < 4.78 is 19.6. The van der Waals surface area contributed by atoms with Gasteiger partial charge in [-0.2, -0.15) is 0 Å². The number of halogens is 1. The van der Waals surface area contributed by atoms with Gasteiger partial charge in [0.2, 0.25) is 0 Å². The van der Waals surface area contributed by atoms with E-state index in [0.29, 0.717) is 14.9 Å². The van der Waals surface area contributed by atoms with Gasteiger partial charge in [0.05, 0.1) is 10.6 Å². The fraction of sp³-hybridized carbons (Fsp3) is 0.0833. The summed E-state index contributed by atoms with van der Waals surface area (Å²) in [7, 11) is 0. The lowest BCUT2D eigenvalue weighted by atomic mass is 10.1. The zero-order valence-electron chi connectivity index (χ0n) is 16.1. The summed E-state index contributed by atoms with van der Waals surface area (Å²) in [5.74, 6) is 0.181. The summed E-state index contributed by atoms with van der Waals surface area (Å²) in [5.41, 5.74) is 2.53. The molecule has 0 radical (unpaired) electrons. The van der Waals surface area contributed by atoms with Crippen LogP contribution in [0.2, 0.25) is 0 Å². The van der Waals surface area contributed by atoms with Gasteiger partial charge in [-0.3, -0.25) is 9.69 Å². The highest BCUT2D eigenvalue weighted by Gasteiger charge is 2.33. The highest BCUT2D eigenvalue weighted by atomic mass is 32.2. The SMILES string of the molecule is CC(Oc1ccc(/C=C2\SC(=S)N(c3ccc(F)cc3)C2=O)cc1)c1ccccc1. The summed E-state index contributed by atoms with van der Waals surface area (Å²) >= 11 is 6.59. The number of rotatable bonds is 5. The van der Waals surface area contributed by atoms with Crippen LogP contribution in [0.4, 0.5) is 10.1 Å². The molecule has 1 heterocycles. The Balaban J connectivity index is 1.48. The number of hydrogen-bond donors (Lipinski definition) is 0. The van der Waals surface area contributed by atoms with Gasteiger partial charge in [0.25, 0.3) is 5.91 Å². The van der Waals surface area contributed by atoms with E-state index in [4.69, 9.17) is 17.0 Å². The number of carbonyl (C=O) groups is 1. The van der Waals surface area contributed by atoms with Crippen LogP contribution >= 0.6 is 24.0 Å². The number of nitrogens with zero attached hydrogens (tertiary/aromatic N) is 1.